The summed E-state index contributed by atoms with van der Waals surface area (Å²) in [7, 11) is 1.46. The number of rotatable bonds is 3. The second kappa shape index (κ2) is 5.08. The molecule has 0 spiro atoms. The molecule has 1 N–H and O–H groups in total. The van der Waals surface area contributed by atoms with E-state index >= 15 is 0 Å². The summed E-state index contributed by atoms with van der Waals surface area (Å²) in [5, 5.41) is 2.25. The Morgan fingerprint density at radius 2 is 2.44 bits per heavy atom. The Bertz CT molecular complexity index is 102. The van der Waals surface area contributed by atoms with Crippen molar-refractivity contribution in [2.24, 2.45) is 0 Å². The van der Waals surface area contributed by atoms with Gasteiger partial charge in [-0.3, -0.25) is 0 Å². The predicted molar refractivity (Wildman–Crippen MR) is 31.1 cm³/mol. The van der Waals surface area contributed by atoms with Gasteiger partial charge in [-0.15, -0.1) is 0 Å². The van der Waals surface area contributed by atoms with Crippen molar-refractivity contribution in [1.82, 2.24) is 5.32 Å². The Balaban J connectivity index is 3.06. The summed E-state index contributed by atoms with van der Waals surface area (Å²) in [5.41, 5.74) is 0. The number of alkyl carbamates (subject to hydrolysis) is 1. The third kappa shape index (κ3) is 4.80. The largest absolute Gasteiger partial charge is 0.449 e. The molecule has 0 aromatic carbocycles. The van der Waals surface area contributed by atoms with Crippen LogP contribution >= 0.6 is 0 Å². The van der Waals surface area contributed by atoms with Crippen LogP contribution in [0.25, 0.3) is 0 Å². The van der Waals surface area contributed by atoms with E-state index in [1.807, 2.05) is 0 Å². The minimum Gasteiger partial charge on any atom is -0.449 e. The first kappa shape index (κ1) is 7.94. The lowest BCUT2D eigenvalue weighted by atomic mass is 10.5. The highest BCUT2D eigenvalue weighted by atomic mass is 16.5. The number of amides is 1. The molecule has 0 aliphatic rings. The van der Waals surface area contributed by atoms with Crippen molar-refractivity contribution >= 4 is 12.4 Å². The zero-order chi connectivity index (χ0) is 7.11. The van der Waals surface area contributed by atoms with E-state index in [1.165, 1.54) is 7.05 Å². The van der Waals surface area contributed by atoms with Gasteiger partial charge in [0.2, 0.25) is 0 Å². The number of ether oxygens (including phenoxy) is 1. The van der Waals surface area contributed by atoms with Gasteiger partial charge in [0.15, 0.2) is 0 Å². The summed E-state index contributed by atoms with van der Waals surface area (Å²) < 4.78 is 4.45. The topological polar surface area (TPSA) is 55.4 Å². The second-order valence-corrected chi connectivity index (χ2v) is 1.34. The average molecular weight is 131 g/mol. The predicted octanol–water partition coefficient (Wildman–Crippen LogP) is -0.0686. The minimum absolute atomic E-state index is 0.156. The van der Waals surface area contributed by atoms with Gasteiger partial charge in [0.05, 0.1) is 6.61 Å². The van der Waals surface area contributed by atoms with E-state index in [4.69, 9.17) is 0 Å². The third-order valence-corrected chi connectivity index (χ3v) is 0.673. The zero-order valence-corrected chi connectivity index (χ0v) is 5.22. The SMILES string of the molecule is CNC(=O)OCCC=O. The summed E-state index contributed by atoms with van der Waals surface area (Å²) >= 11 is 0. The van der Waals surface area contributed by atoms with Crippen LogP contribution < -0.4 is 5.32 Å². The molecule has 0 unspecified atom stereocenters. The van der Waals surface area contributed by atoms with Gasteiger partial charge in [0.25, 0.3) is 0 Å². The molecule has 52 valence electrons. The highest BCUT2D eigenvalue weighted by Gasteiger charge is 1.93. The Morgan fingerprint density at radius 1 is 1.78 bits per heavy atom. The fraction of sp³-hybridized carbons (Fsp3) is 0.600. The summed E-state index contributed by atoms with van der Waals surface area (Å²) in [5.74, 6) is 0. The maximum atomic E-state index is 10.2. The van der Waals surface area contributed by atoms with Gasteiger partial charge >= 0.3 is 6.09 Å². The molecule has 0 aliphatic carbocycles. The third-order valence-electron chi connectivity index (χ3n) is 0.673. The smallest absolute Gasteiger partial charge is 0.406 e. The Kier molecular flexibility index (Phi) is 4.49. The number of carbonyl (C=O) groups is 2. The van der Waals surface area contributed by atoms with E-state index in [1.54, 1.807) is 0 Å². The molecule has 0 atom stereocenters. The standard InChI is InChI=1S/C5H9NO3/c1-6-5(8)9-4-2-3-7/h3H,2,4H2,1H3,(H,6,8). The van der Waals surface area contributed by atoms with Crippen LogP contribution in [0.15, 0.2) is 0 Å². The van der Waals surface area contributed by atoms with Gasteiger partial charge in [0.1, 0.15) is 6.29 Å². The Morgan fingerprint density at radius 3 is 2.89 bits per heavy atom. The van der Waals surface area contributed by atoms with Crippen molar-refractivity contribution in [3.63, 3.8) is 0 Å². The quantitative estimate of drug-likeness (QED) is 0.431. The zero-order valence-electron chi connectivity index (χ0n) is 5.22. The number of aldehydes is 1. The molecule has 4 heteroatoms. The van der Waals surface area contributed by atoms with Gasteiger partial charge in [0, 0.05) is 13.5 Å². The number of carbonyl (C=O) groups excluding carboxylic acids is 2. The highest BCUT2D eigenvalue weighted by molar-refractivity contribution is 5.66. The van der Waals surface area contributed by atoms with Crippen molar-refractivity contribution in [3.8, 4) is 0 Å². The van der Waals surface area contributed by atoms with Gasteiger partial charge in [-0.1, -0.05) is 0 Å². The van der Waals surface area contributed by atoms with Crippen LogP contribution in [-0.4, -0.2) is 26.0 Å². The van der Waals surface area contributed by atoms with Crippen LogP contribution in [0.5, 0.6) is 0 Å². The summed E-state index contributed by atoms with van der Waals surface area (Å²) in [4.78, 5) is 19.9. The van der Waals surface area contributed by atoms with Gasteiger partial charge in [-0.25, -0.2) is 4.79 Å². The number of nitrogens with one attached hydrogen (secondary N) is 1. The molecule has 0 aliphatic heterocycles. The van der Waals surface area contributed by atoms with E-state index in [2.05, 4.69) is 10.1 Å². The lowest BCUT2D eigenvalue weighted by Crippen LogP contribution is -2.19. The molecule has 0 bridgehead atoms. The van der Waals surface area contributed by atoms with Crippen LogP contribution in [0.4, 0.5) is 4.79 Å². The average Bonchev–Trinajstić information content (AvgIpc) is 1.89. The van der Waals surface area contributed by atoms with Crippen molar-refractivity contribution < 1.29 is 14.3 Å². The normalized spacial score (nSPS) is 8.11. The first-order chi connectivity index (χ1) is 4.31. The van der Waals surface area contributed by atoms with Crippen LogP contribution in [0.2, 0.25) is 0 Å². The summed E-state index contributed by atoms with van der Waals surface area (Å²) in [6, 6.07) is 0. The summed E-state index contributed by atoms with van der Waals surface area (Å²) in [6.45, 7) is 0.156. The van der Waals surface area contributed by atoms with E-state index in [0.717, 1.165) is 0 Å². The van der Waals surface area contributed by atoms with E-state index in [9.17, 15) is 9.59 Å². The van der Waals surface area contributed by atoms with Crippen LogP contribution in [0.3, 0.4) is 0 Å². The lowest BCUT2D eigenvalue weighted by molar-refractivity contribution is -0.108. The number of hydrogen-bond acceptors (Lipinski definition) is 3. The van der Waals surface area contributed by atoms with Crippen molar-refractivity contribution in [2.45, 2.75) is 6.42 Å². The Hall–Kier alpha value is -1.06. The molecule has 4 nitrogen and oxygen atoms in total. The van der Waals surface area contributed by atoms with E-state index < -0.39 is 6.09 Å². The Labute approximate surface area is 53.2 Å². The molecule has 0 radical (unpaired) electrons. The van der Waals surface area contributed by atoms with Crippen LogP contribution in [0, 0.1) is 0 Å². The molecule has 0 rings (SSSR count). The van der Waals surface area contributed by atoms with Crippen molar-refractivity contribution in [1.29, 1.82) is 0 Å². The molecule has 1 amide bonds. The maximum absolute atomic E-state index is 10.2. The molecular weight excluding hydrogens is 122 g/mol. The highest BCUT2D eigenvalue weighted by Crippen LogP contribution is 1.77. The molecular formula is C5H9NO3. The van der Waals surface area contributed by atoms with Crippen molar-refractivity contribution in [3.05, 3.63) is 0 Å². The molecule has 0 heterocycles. The lowest BCUT2D eigenvalue weighted by Gasteiger charge is -1.98. The molecule has 0 aromatic heterocycles. The van der Waals surface area contributed by atoms with Gasteiger partial charge in [-0.2, -0.15) is 0 Å². The van der Waals surface area contributed by atoms with E-state index in [-0.39, 0.29) is 13.0 Å². The number of hydrogen-bond donors (Lipinski definition) is 1. The summed E-state index contributed by atoms with van der Waals surface area (Å²) in [6.07, 6.45) is 0.452. The minimum atomic E-state index is -0.503. The van der Waals surface area contributed by atoms with E-state index in [0.29, 0.717) is 6.29 Å². The van der Waals surface area contributed by atoms with Crippen molar-refractivity contribution in [2.75, 3.05) is 13.7 Å². The van der Waals surface area contributed by atoms with Crippen LogP contribution in [-0.2, 0) is 9.53 Å². The fourth-order valence-corrected chi connectivity index (χ4v) is 0.272. The molecule has 0 saturated heterocycles. The maximum Gasteiger partial charge on any atom is 0.406 e. The van der Waals surface area contributed by atoms with Gasteiger partial charge < -0.3 is 14.8 Å². The molecule has 0 saturated carbocycles. The van der Waals surface area contributed by atoms with Gasteiger partial charge in [-0.05, 0) is 0 Å². The fourth-order valence-electron chi connectivity index (χ4n) is 0.272. The first-order valence-corrected chi connectivity index (χ1v) is 2.59. The second-order valence-electron chi connectivity index (χ2n) is 1.34. The monoisotopic (exact) mass is 131 g/mol. The van der Waals surface area contributed by atoms with Crippen LogP contribution in [0.1, 0.15) is 6.42 Å². The molecule has 0 aromatic rings. The molecule has 9 heavy (non-hydrogen) atoms. The molecule has 0 fully saturated rings. The first-order valence-electron chi connectivity index (χ1n) is 2.59.